The van der Waals surface area contributed by atoms with E-state index in [1.807, 2.05) is 37.3 Å². The molecule has 3 aromatic rings. The molecule has 1 aromatic heterocycles. The minimum Gasteiger partial charge on any atom is -0.486 e. The summed E-state index contributed by atoms with van der Waals surface area (Å²) in [5.41, 5.74) is 2.32. The zero-order valence-electron chi connectivity index (χ0n) is 16.0. The predicted molar refractivity (Wildman–Crippen MR) is 109 cm³/mol. The average Bonchev–Trinajstić information content (AvgIpc) is 2.92. The summed E-state index contributed by atoms with van der Waals surface area (Å²) in [7, 11) is 1.64. The number of aromatic nitrogens is 2. The molecule has 7 heteroatoms. The van der Waals surface area contributed by atoms with Crippen LogP contribution < -0.4 is 15.6 Å². The number of aryl methyl sites for hydroxylation is 2. The molecule has 0 radical (unpaired) electrons. The van der Waals surface area contributed by atoms with Crippen LogP contribution in [0.4, 0.5) is 0 Å². The van der Waals surface area contributed by atoms with E-state index in [0.717, 1.165) is 17.0 Å². The van der Waals surface area contributed by atoms with Crippen LogP contribution in [0, 0.1) is 6.92 Å². The SMILES string of the molecule is Cc1[nH]n(C)c(=O)c1CNC(=O)c1ccc(C(C)Oc2ccccc2)c(Cl)c1. The van der Waals surface area contributed by atoms with Crippen LogP contribution in [0.2, 0.25) is 5.02 Å². The Hall–Kier alpha value is -2.99. The van der Waals surface area contributed by atoms with Crippen molar-refractivity contribution < 1.29 is 9.53 Å². The van der Waals surface area contributed by atoms with Gasteiger partial charge in [-0.1, -0.05) is 35.9 Å². The molecule has 0 saturated heterocycles. The summed E-state index contributed by atoms with van der Waals surface area (Å²) in [6.45, 7) is 3.84. The molecule has 0 bridgehead atoms. The minimum absolute atomic E-state index is 0.147. The van der Waals surface area contributed by atoms with Gasteiger partial charge in [0, 0.05) is 28.9 Å². The van der Waals surface area contributed by atoms with Gasteiger partial charge < -0.3 is 10.1 Å². The second-order valence-electron chi connectivity index (χ2n) is 6.57. The molecule has 28 heavy (non-hydrogen) atoms. The fourth-order valence-electron chi connectivity index (χ4n) is 2.98. The number of halogens is 1. The molecule has 2 N–H and O–H groups in total. The zero-order chi connectivity index (χ0) is 20.3. The molecule has 146 valence electrons. The molecule has 1 atom stereocenters. The Morgan fingerprint density at radius 2 is 1.96 bits per heavy atom. The number of amides is 1. The molecule has 3 rings (SSSR count). The number of aromatic amines is 1. The van der Waals surface area contributed by atoms with Crippen LogP contribution in [-0.4, -0.2) is 15.7 Å². The molecule has 0 saturated carbocycles. The van der Waals surface area contributed by atoms with Crippen molar-refractivity contribution in [3.05, 3.63) is 86.3 Å². The van der Waals surface area contributed by atoms with Crippen molar-refractivity contribution in [3.63, 3.8) is 0 Å². The van der Waals surface area contributed by atoms with Crippen LogP contribution in [0.15, 0.2) is 53.3 Å². The number of para-hydroxylation sites is 1. The number of carbonyl (C=O) groups is 1. The number of nitrogens with one attached hydrogen (secondary N) is 2. The normalized spacial score (nSPS) is 11.9. The smallest absolute Gasteiger partial charge is 0.271 e. The van der Waals surface area contributed by atoms with Crippen molar-refractivity contribution >= 4 is 17.5 Å². The number of nitrogens with zero attached hydrogens (tertiary/aromatic N) is 1. The van der Waals surface area contributed by atoms with Crippen LogP contribution in [0.1, 0.15) is 40.2 Å². The highest BCUT2D eigenvalue weighted by Gasteiger charge is 2.16. The summed E-state index contributed by atoms with van der Waals surface area (Å²) in [4.78, 5) is 24.5. The van der Waals surface area contributed by atoms with Gasteiger partial charge in [-0.25, -0.2) is 0 Å². The molecule has 0 fully saturated rings. The average molecular weight is 400 g/mol. The van der Waals surface area contributed by atoms with Crippen molar-refractivity contribution in [2.24, 2.45) is 7.05 Å². The van der Waals surface area contributed by atoms with Gasteiger partial charge in [-0.3, -0.25) is 19.4 Å². The van der Waals surface area contributed by atoms with Crippen LogP contribution >= 0.6 is 11.6 Å². The quantitative estimate of drug-likeness (QED) is 0.662. The Balaban J connectivity index is 1.69. The van der Waals surface area contributed by atoms with E-state index in [1.165, 1.54) is 4.68 Å². The summed E-state index contributed by atoms with van der Waals surface area (Å²) < 4.78 is 7.28. The number of rotatable bonds is 6. The van der Waals surface area contributed by atoms with E-state index in [4.69, 9.17) is 16.3 Å². The number of benzene rings is 2. The number of H-pyrrole nitrogens is 1. The lowest BCUT2D eigenvalue weighted by Gasteiger charge is -2.17. The fraction of sp³-hybridized carbons (Fsp3) is 0.238. The van der Waals surface area contributed by atoms with Crippen LogP contribution in [0.5, 0.6) is 5.75 Å². The fourth-order valence-corrected chi connectivity index (χ4v) is 3.31. The molecule has 0 aliphatic rings. The highest BCUT2D eigenvalue weighted by molar-refractivity contribution is 6.31. The van der Waals surface area contributed by atoms with Crippen molar-refractivity contribution in [1.29, 1.82) is 0 Å². The largest absolute Gasteiger partial charge is 0.486 e. The van der Waals surface area contributed by atoms with Gasteiger partial charge in [-0.15, -0.1) is 0 Å². The Kier molecular flexibility index (Phi) is 5.90. The van der Waals surface area contributed by atoms with Crippen LogP contribution in [-0.2, 0) is 13.6 Å². The van der Waals surface area contributed by atoms with Gasteiger partial charge in [0.05, 0.1) is 12.1 Å². The van der Waals surface area contributed by atoms with Gasteiger partial charge in [0.15, 0.2) is 0 Å². The molecule has 1 amide bonds. The first kappa shape index (κ1) is 19.8. The molecule has 1 heterocycles. The summed E-state index contributed by atoms with van der Waals surface area (Å²) >= 11 is 6.39. The van der Waals surface area contributed by atoms with Gasteiger partial charge in [0.1, 0.15) is 11.9 Å². The van der Waals surface area contributed by atoms with Gasteiger partial charge >= 0.3 is 0 Å². The number of hydrogen-bond donors (Lipinski definition) is 2. The standard InChI is InChI=1S/C21H22ClN3O3/c1-13-18(21(27)25(3)24-13)12-23-20(26)15-9-10-17(19(22)11-15)14(2)28-16-7-5-4-6-8-16/h4-11,14,24H,12H2,1-3H3,(H,23,26). The Morgan fingerprint density at radius 3 is 2.57 bits per heavy atom. The second kappa shape index (κ2) is 8.35. The van der Waals surface area contributed by atoms with E-state index in [-0.39, 0.29) is 24.1 Å². The maximum absolute atomic E-state index is 12.5. The van der Waals surface area contributed by atoms with Gasteiger partial charge in [-0.05, 0) is 38.1 Å². The van der Waals surface area contributed by atoms with E-state index in [2.05, 4.69) is 10.4 Å². The first-order chi connectivity index (χ1) is 13.4. The molecule has 0 aliphatic carbocycles. The number of ether oxygens (including phenoxy) is 1. The van der Waals surface area contributed by atoms with E-state index in [9.17, 15) is 9.59 Å². The molecule has 1 unspecified atom stereocenters. The van der Waals surface area contributed by atoms with E-state index < -0.39 is 0 Å². The highest BCUT2D eigenvalue weighted by Crippen LogP contribution is 2.28. The van der Waals surface area contributed by atoms with Gasteiger partial charge in [-0.2, -0.15) is 0 Å². The Bertz CT molecular complexity index is 1040. The Labute approximate surface area is 168 Å². The van der Waals surface area contributed by atoms with E-state index in [0.29, 0.717) is 16.1 Å². The summed E-state index contributed by atoms with van der Waals surface area (Å²) in [5, 5.41) is 6.12. The third-order valence-electron chi connectivity index (χ3n) is 4.53. The van der Waals surface area contributed by atoms with Crippen molar-refractivity contribution in [1.82, 2.24) is 15.1 Å². The topological polar surface area (TPSA) is 76.1 Å². The first-order valence-electron chi connectivity index (χ1n) is 8.90. The summed E-state index contributed by atoms with van der Waals surface area (Å²) in [5.74, 6) is 0.448. The van der Waals surface area contributed by atoms with E-state index >= 15 is 0 Å². The maximum Gasteiger partial charge on any atom is 0.271 e. The molecular formula is C21H22ClN3O3. The van der Waals surface area contributed by atoms with E-state index in [1.54, 1.807) is 32.2 Å². The highest BCUT2D eigenvalue weighted by atomic mass is 35.5. The maximum atomic E-state index is 12.5. The molecule has 0 aliphatic heterocycles. The Morgan fingerprint density at radius 1 is 1.25 bits per heavy atom. The molecular weight excluding hydrogens is 378 g/mol. The summed E-state index contributed by atoms with van der Waals surface area (Å²) in [6.07, 6.45) is -0.266. The van der Waals surface area contributed by atoms with Crippen LogP contribution in [0.3, 0.4) is 0 Å². The van der Waals surface area contributed by atoms with Gasteiger partial charge in [0.25, 0.3) is 11.5 Å². The monoisotopic (exact) mass is 399 g/mol. The molecule has 6 nitrogen and oxygen atoms in total. The van der Waals surface area contributed by atoms with Crippen molar-refractivity contribution in [2.75, 3.05) is 0 Å². The van der Waals surface area contributed by atoms with Crippen molar-refractivity contribution in [3.8, 4) is 5.75 Å². The molecule has 0 spiro atoms. The third-order valence-corrected chi connectivity index (χ3v) is 4.86. The van der Waals surface area contributed by atoms with Gasteiger partial charge in [0.2, 0.25) is 0 Å². The zero-order valence-corrected chi connectivity index (χ0v) is 16.7. The summed E-state index contributed by atoms with van der Waals surface area (Å²) in [6, 6.07) is 14.6. The van der Waals surface area contributed by atoms with Crippen LogP contribution in [0.25, 0.3) is 0 Å². The lowest BCUT2D eigenvalue weighted by Crippen LogP contribution is -2.27. The lowest BCUT2D eigenvalue weighted by atomic mass is 10.1. The molecule has 2 aromatic carbocycles. The lowest BCUT2D eigenvalue weighted by molar-refractivity contribution is 0.0950. The second-order valence-corrected chi connectivity index (χ2v) is 6.98. The van der Waals surface area contributed by atoms with Crippen molar-refractivity contribution in [2.45, 2.75) is 26.5 Å². The first-order valence-corrected chi connectivity index (χ1v) is 9.28. The number of hydrogen-bond acceptors (Lipinski definition) is 3. The number of carbonyl (C=O) groups excluding carboxylic acids is 1. The third kappa shape index (κ3) is 4.28. The minimum atomic E-state index is -0.298. The predicted octanol–water partition coefficient (Wildman–Crippen LogP) is 3.75.